The summed E-state index contributed by atoms with van der Waals surface area (Å²) in [5, 5.41) is 11.5. The topological polar surface area (TPSA) is 229 Å². The van der Waals surface area contributed by atoms with Gasteiger partial charge in [-0.15, -0.1) is 0 Å². The lowest BCUT2D eigenvalue weighted by atomic mass is 9.43. The molecule has 0 bridgehead atoms. The Morgan fingerprint density at radius 2 is 1.49 bits per heavy atom. The molecule has 4 fully saturated rings. The van der Waals surface area contributed by atoms with E-state index in [1.807, 2.05) is 6.08 Å². The number of hydrogen-bond donors (Lipinski definition) is 1. The molecule has 1 saturated heterocycles. The van der Waals surface area contributed by atoms with Crippen LogP contribution in [0.5, 0.6) is 0 Å². The van der Waals surface area contributed by atoms with Gasteiger partial charge in [0.25, 0.3) is 0 Å². The van der Waals surface area contributed by atoms with Gasteiger partial charge in [0.05, 0.1) is 12.2 Å². The summed E-state index contributed by atoms with van der Waals surface area (Å²) in [6.45, 7) is 12.2. The van der Waals surface area contributed by atoms with E-state index >= 15 is 0 Å². The van der Waals surface area contributed by atoms with Gasteiger partial charge in [0, 0.05) is 19.1 Å². The van der Waals surface area contributed by atoms with Crippen molar-refractivity contribution in [1.82, 2.24) is 0 Å². The van der Waals surface area contributed by atoms with Crippen molar-refractivity contribution in [3.63, 3.8) is 0 Å². The molecular weight excluding hydrogens is 681 g/mol. The molecule has 0 radical (unpaired) electrons. The van der Waals surface area contributed by atoms with E-state index in [0.29, 0.717) is 30.1 Å². The number of fused-ring (bicyclic) bond motifs is 5. The fourth-order valence-electron chi connectivity index (χ4n) is 10.7. The van der Waals surface area contributed by atoms with Crippen molar-refractivity contribution in [2.24, 2.45) is 51.8 Å². The smallest absolute Gasteiger partial charge is 0.218 e. The van der Waals surface area contributed by atoms with Gasteiger partial charge in [-0.25, -0.2) is 25.3 Å². The zero-order valence-corrected chi connectivity index (χ0v) is 29.9. The predicted molar refractivity (Wildman–Crippen MR) is 162 cm³/mol. The Bertz CT molecular complexity index is 1540. The third-order valence-corrected chi connectivity index (χ3v) is 14.6. The van der Waals surface area contributed by atoms with Crippen LogP contribution in [-0.4, -0.2) is 81.6 Å². The van der Waals surface area contributed by atoms with Gasteiger partial charge >= 0.3 is 0 Å². The zero-order chi connectivity index (χ0) is 35.0. The molecule has 47 heavy (non-hydrogen) atoms. The summed E-state index contributed by atoms with van der Waals surface area (Å²) in [6, 6.07) is 0. The number of rotatable bonds is 11. The minimum atomic E-state index is -5.57. The maximum atomic E-state index is 12.0. The van der Waals surface area contributed by atoms with Gasteiger partial charge in [-0.3, -0.25) is 12.5 Å². The first-order valence-corrected chi connectivity index (χ1v) is 20.4. The first kappa shape index (κ1) is 37.5. The van der Waals surface area contributed by atoms with Crippen LogP contribution >= 0.6 is 0 Å². The van der Waals surface area contributed by atoms with Crippen molar-refractivity contribution in [2.45, 2.75) is 110 Å². The Labute approximate surface area is 278 Å². The van der Waals surface area contributed by atoms with Crippen LogP contribution < -0.4 is 0 Å². The van der Waals surface area contributed by atoms with E-state index in [1.165, 1.54) is 0 Å². The Hall–Kier alpha value is -0.730. The quantitative estimate of drug-likeness (QED) is 0.183. The van der Waals surface area contributed by atoms with Crippen LogP contribution in [0.1, 0.15) is 86.0 Å². The highest BCUT2D eigenvalue weighted by atomic mass is 32.3. The highest BCUT2D eigenvalue weighted by molar-refractivity contribution is 7.81. The highest BCUT2D eigenvalue weighted by Gasteiger charge is 2.68. The molecule has 1 aliphatic heterocycles. The Morgan fingerprint density at radius 3 is 2.06 bits per heavy atom. The van der Waals surface area contributed by atoms with Gasteiger partial charge in [0.2, 0.25) is 31.2 Å². The minimum Gasteiger partial charge on any atom is -0.726 e. The molecule has 3 saturated carbocycles. The summed E-state index contributed by atoms with van der Waals surface area (Å²) >= 11 is 0. The summed E-state index contributed by atoms with van der Waals surface area (Å²) in [5.41, 5.74) is -1.25. The molecule has 0 aromatic carbocycles. The summed E-state index contributed by atoms with van der Waals surface area (Å²) < 4.78 is 126. The molecule has 5 aliphatic rings. The summed E-state index contributed by atoms with van der Waals surface area (Å²) in [6.07, 6.45) is -0.552. The van der Waals surface area contributed by atoms with Gasteiger partial charge in [-0.2, -0.15) is 0 Å². The van der Waals surface area contributed by atoms with Crippen LogP contribution in [0.4, 0.5) is 0 Å². The van der Waals surface area contributed by atoms with Crippen LogP contribution in [0.2, 0.25) is 0 Å². The average Bonchev–Trinajstić information content (AvgIpc) is 3.54. The van der Waals surface area contributed by atoms with Gasteiger partial charge in [-0.1, -0.05) is 59.1 Å². The van der Waals surface area contributed by atoms with Crippen LogP contribution in [0.15, 0.2) is 11.6 Å². The predicted octanol–water partition coefficient (Wildman–Crippen LogP) is 2.77. The van der Waals surface area contributed by atoms with Crippen molar-refractivity contribution in [1.29, 1.82) is 0 Å². The number of aliphatic hydroxyl groups excluding tert-OH is 1. The van der Waals surface area contributed by atoms with Crippen LogP contribution in [0.25, 0.3) is 0 Å². The van der Waals surface area contributed by atoms with Crippen LogP contribution in [0, 0.1) is 51.8 Å². The van der Waals surface area contributed by atoms with E-state index in [4.69, 9.17) is 8.92 Å². The molecule has 1 heterocycles. The lowest BCUT2D eigenvalue weighted by molar-refractivity contribution is -0.179. The van der Waals surface area contributed by atoms with E-state index in [-0.39, 0.29) is 17.8 Å². The third-order valence-electron chi connectivity index (χ3n) is 13.2. The molecule has 14 nitrogen and oxygen atoms in total. The maximum absolute atomic E-state index is 12.0. The second-order valence-corrected chi connectivity index (χ2v) is 18.5. The lowest BCUT2D eigenvalue weighted by Crippen LogP contribution is -2.65. The second-order valence-electron chi connectivity index (χ2n) is 15.5. The molecule has 272 valence electrons. The minimum absolute atomic E-state index is 0.0151. The average molecular weight is 728 g/mol. The molecule has 17 heteroatoms. The number of aliphatic hydroxyl groups is 1. The Morgan fingerprint density at radius 1 is 0.894 bits per heavy atom. The molecule has 0 amide bonds. The van der Waals surface area contributed by atoms with Gasteiger partial charge in [0.1, 0.15) is 12.2 Å². The standard InChI is InChI=1S/C30H50O14S3/c1-17(19-10-13-41-16-19)6-7-18(2)20-8-11-30(5)22-14-23(42-45(32,33)34)25-26(31)27(44-47(38,39)40)24(43-46(35,36)37)15-28(25,3)21(22)9-12-29(20,30)4/h9,17-20,22-27,31H,6-8,10-16H2,1-5H3,(H,32,33,34)(H,35,36,37)(H,38,39,40)/p-3/t17?,18-,19?,20-,22-,23+,24+,25+,26-,27-,28-,29-,30+/m1/s1. The van der Waals surface area contributed by atoms with E-state index in [0.717, 1.165) is 50.9 Å². The van der Waals surface area contributed by atoms with Crippen molar-refractivity contribution < 1.29 is 61.3 Å². The summed E-state index contributed by atoms with van der Waals surface area (Å²) in [4.78, 5) is 0. The number of allylic oxidation sites excluding steroid dienone is 2. The van der Waals surface area contributed by atoms with E-state index in [2.05, 4.69) is 36.1 Å². The van der Waals surface area contributed by atoms with Gasteiger partial charge in [0.15, 0.2) is 0 Å². The maximum Gasteiger partial charge on any atom is 0.218 e. The molecule has 4 aliphatic carbocycles. The molecule has 0 aromatic rings. The van der Waals surface area contributed by atoms with E-state index < -0.39 is 78.8 Å². The van der Waals surface area contributed by atoms with E-state index in [1.54, 1.807) is 6.92 Å². The van der Waals surface area contributed by atoms with Crippen molar-refractivity contribution in [3.05, 3.63) is 11.6 Å². The molecule has 0 aromatic heterocycles. The Balaban J connectivity index is 1.51. The molecule has 13 atom stereocenters. The Kier molecular flexibility index (Phi) is 10.2. The zero-order valence-electron chi connectivity index (χ0n) is 27.4. The molecule has 2 unspecified atom stereocenters. The van der Waals surface area contributed by atoms with Crippen molar-refractivity contribution in [2.75, 3.05) is 13.2 Å². The van der Waals surface area contributed by atoms with Crippen LogP contribution in [-0.2, 0) is 48.5 Å². The fraction of sp³-hybridized carbons (Fsp3) is 0.933. The normalized spacial score (nSPS) is 43.8. The molecule has 5 rings (SSSR count). The van der Waals surface area contributed by atoms with Crippen molar-refractivity contribution in [3.8, 4) is 0 Å². The van der Waals surface area contributed by atoms with E-state index in [9.17, 15) is 44.0 Å². The molecule has 1 N–H and O–H groups in total. The summed E-state index contributed by atoms with van der Waals surface area (Å²) in [7, 11) is -16.4. The highest BCUT2D eigenvalue weighted by Crippen LogP contribution is 2.72. The second kappa shape index (κ2) is 12.8. The summed E-state index contributed by atoms with van der Waals surface area (Å²) in [5.74, 6) is 0.0928. The van der Waals surface area contributed by atoms with Crippen molar-refractivity contribution >= 4 is 31.2 Å². The third kappa shape index (κ3) is 7.23. The molecular formula is C30H47O14S3-3. The van der Waals surface area contributed by atoms with Gasteiger partial charge < -0.3 is 23.5 Å². The number of ether oxygens (including phenoxy) is 1. The molecule has 0 spiro atoms. The van der Waals surface area contributed by atoms with Gasteiger partial charge in [-0.05, 0) is 84.4 Å². The monoisotopic (exact) mass is 727 g/mol. The number of hydrogen-bond acceptors (Lipinski definition) is 14. The first-order chi connectivity index (χ1) is 21.5. The lowest BCUT2D eigenvalue weighted by Gasteiger charge is -2.64. The first-order valence-electron chi connectivity index (χ1n) is 16.4. The SMILES string of the molecule is CC(CC[C@@H](C)[C@H]1CC[C@@]2(C)[C@@H]3C[C@H](OS(=O)(=O)[O-])[C@H]4[C@@H](O)[C@H](OS(=O)(=O)[O-])[C@@H](OS(=O)(=O)[O-])C[C@]4(C)C3=CC[C@]12C)C1CCOC1. The fourth-order valence-corrected chi connectivity index (χ4v) is 12.2. The largest absolute Gasteiger partial charge is 0.726 e. The van der Waals surface area contributed by atoms with Crippen LogP contribution in [0.3, 0.4) is 0 Å².